The Kier molecular flexibility index (Phi) is 7.59. The Hall–Kier alpha value is -3.42. The minimum Gasteiger partial charge on any atom is -0.368 e. The molecule has 0 bridgehead atoms. The molecule has 0 aliphatic carbocycles. The molecule has 1 fully saturated rings. The molecule has 0 spiro atoms. The Morgan fingerprint density at radius 2 is 1.50 bits per heavy atom. The van der Waals surface area contributed by atoms with Crippen LogP contribution in [0.1, 0.15) is 50.5 Å². The molecule has 182 valence electrons. The number of hydrogen-bond acceptors (Lipinski definition) is 5. The molecule has 1 unspecified atom stereocenters. The number of benzene rings is 2. The minimum absolute atomic E-state index is 0.00204. The average Bonchev–Trinajstić information content (AvgIpc) is 2.81. The van der Waals surface area contributed by atoms with Crippen molar-refractivity contribution in [3.05, 3.63) is 69.8 Å². The van der Waals surface area contributed by atoms with Gasteiger partial charge in [-0.15, -0.1) is 0 Å². The van der Waals surface area contributed by atoms with Crippen molar-refractivity contribution in [3.8, 4) is 0 Å². The van der Waals surface area contributed by atoms with E-state index in [0.717, 1.165) is 11.3 Å². The van der Waals surface area contributed by atoms with Crippen LogP contribution in [0.3, 0.4) is 0 Å². The zero-order valence-corrected chi connectivity index (χ0v) is 20.6. The molecule has 2 amide bonds. The third-order valence-electron chi connectivity index (χ3n) is 6.25. The molecule has 34 heavy (non-hydrogen) atoms. The third kappa shape index (κ3) is 5.92. The standard InChI is InChI=1S/C26H34N4O4/c1-18(2)23(27-24(31)19-6-8-20(9-7-19)26(3,4)5)25(32)29-16-14-28(15-17-29)21-10-12-22(13-11-21)30(33)34/h6-13,18,23H,14-17H2,1-5H3,(H,27,31). The Morgan fingerprint density at radius 3 is 1.97 bits per heavy atom. The highest BCUT2D eigenvalue weighted by atomic mass is 16.6. The quantitative estimate of drug-likeness (QED) is 0.513. The van der Waals surface area contributed by atoms with Gasteiger partial charge >= 0.3 is 0 Å². The number of rotatable bonds is 6. The van der Waals surface area contributed by atoms with E-state index < -0.39 is 11.0 Å². The molecule has 1 saturated heterocycles. The van der Waals surface area contributed by atoms with Crippen LogP contribution in [0.4, 0.5) is 11.4 Å². The highest BCUT2D eigenvalue weighted by Crippen LogP contribution is 2.23. The van der Waals surface area contributed by atoms with Gasteiger partial charge < -0.3 is 15.1 Å². The van der Waals surface area contributed by atoms with Gasteiger partial charge in [-0.1, -0.05) is 46.8 Å². The van der Waals surface area contributed by atoms with E-state index in [0.29, 0.717) is 31.7 Å². The Morgan fingerprint density at radius 1 is 0.941 bits per heavy atom. The summed E-state index contributed by atoms with van der Waals surface area (Å²) in [5, 5.41) is 13.8. The number of carbonyl (C=O) groups is 2. The molecule has 1 N–H and O–H groups in total. The first-order chi connectivity index (χ1) is 16.0. The summed E-state index contributed by atoms with van der Waals surface area (Å²) in [5.41, 5.74) is 2.63. The predicted molar refractivity (Wildman–Crippen MR) is 133 cm³/mol. The lowest BCUT2D eigenvalue weighted by molar-refractivity contribution is -0.384. The van der Waals surface area contributed by atoms with Crippen molar-refractivity contribution in [2.24, 2.45) is 5.92 Å². The van der Waals surface area contributed by atoms with Crippen LogP contribution in [-0.4, -0.2) is 53.9 Å². The van der Waals surface area contributed by atoms with Crippen molar-refractivity contribution >= 4 is 23.2 Å². The normalized spacial score (nSPS) is 15.2. The summed E-state index contributed by atoms with van der Waals surface area (Å²) in [6.45, 7) is 12.5. The maximum absolute atomic E-state index is 13.3. The Bertz CT molecular complexity index is 1020. The van der Waals surface area contributed by atoms with Gasteiger partial charge in [-0.2, -0.15) is 0 Å². The summed E-state index contributed by atoms with van der Waals surface area (Å²) in [6.07, 6.45) is 0. The van der Waals surface area contributed by atoms with E-state index in [1.54, 1.807) is 29.2 Å². The maximum atomic E-state index is 13.3. The number of piperazine rings is 1. The number of nitro benzene ring substituents is 1. The highest BCUT2D eigenvalue weighted by molar-refractivity contribution is 5.97. The summed E-state index contributed by atoms with van der Waals surface area (Å²) in [4.78, 5) is 40.5. The van der Waals surface area contributed by atoms with Gasteiger partial charge in [-0.25, -0.2) is 0 Å². The Balaban J connectivity index is 1.61. The number of nitro groups is 1. The first-order valence-electron chi connectivity index (χ1n) is 11.7. The van der Waals surface area contributed by atoms with Crippen LogP contribution >= 0.6 is 0 Å². The average molecular weight is 467 g/mol. The number of hydrogen-bond donors (Lipinski definition) is 1. The lowest BCUT2D eigenvalue weighted by atomic mass is 9.86. The topological polar surface area (TPSA) is 95.8 Å². The van der Waals surface area contributed by atoms with Gasteiger partial charge in [0.15, 0.2) is 0 Å². The lowest BCUT2D eigenvalue weighted by Gasteiger charge is -2.38. The number of amides is 2. The van der Waals surface area contributed by atoms with Gasteiger partial charge in [0.2, 0.25) is 5.91 Å². The first-order valence-corrected chi connectivity index (χ1v) is 11.7. The van der Waals surface area contributed by atoms with Gasteiger partial charge in [0.05, 0.1) is 4.92 Å². The van der Waals surface area contributed by atoms with Gasteiger partial charge in [0, 0.05) is 49.6 Å². The highest BCUT2D eigenvalue weighted by Gasteiger charge is 2.31. The zero-order chi connectivity index (χ0) is 25.0. The SMILES string of the molecule is CC(C)C(NC(=O)c1ccc(C(C)(C)C)cc1)C(=O)N1CCN(c2ccc([N+](=O)[O-])cc2)CC1. The molecule has 1 atom stereocenters. The second-order valence-electron chi connectivity index (χ2n) is 10.1. The molecule has 8 heteroatoms. The number of carbonyl (C=O) groups excluding carboxylic acids is 2. The van der Waals surface area contributed by atoms with Crippen LogP contribution in [0.2, 0.25) is 0 Å². The zero-order valence-electron chi connectivity index (χ0n) is 20.6. The van der Waals surface area contributed by atoms with E-state index in [4.69, 9.17) is 0 Å². The summed E-state index contributed by atoms with van der Waals surface area (Å²) < 4.78 is 0. The number of non-ortho nitro benzene ring substituents is 1. The fourth-order valence-corrected chi connectivity index (χ4v) is 4.03. The second-order valence-corrected chi connectivity index (χ2v) is 10.1. The molecular formula is C26H34N4O4. The van der Waals surface area contributed by atoms with Crippen molar-refractivity contribution in [1.82, 2.24) is 10.2 Å². The van der Waals surface area contributed by atoms with Gasteiger partial charge in [-0.05, 0) is 41.2 Å². The van der Waals surface area contributed by atoms with E-state index >= 15 is 0 Å². The van der Waals surface area contributed by atoms with Crippen LogP contribution in [-0.2, 0) is 10.2 Å². The van der Waals surface area contributed by atoms with Crippen LogP contribution in [0, 0.1) is 16.0 Å². The molecule has 1 aliphatic rings. The van der Waals surface area contributed by atoms with E-state index in [-0.39, 0.29) is 28.8 Å². The van der Waals surface area contributed by atoms with Gasteiger partial charge in [0.25, 0.3) is 11.6 Å². The lowest BCUT2D eigenvalue weighted by Crippen LogP contribution is -2.56. The van der Waals surface area contributed by atoms with E-state index in [1.165, 1.54) is 12.1 Å². The molecule has 1 aliphatic heterocycles. The molecule has 2 aromatic carbocycles. The van der Waals surface area contributed by atoms with E-state index in [9.17, 15) is 19.7 Å². The number of anilines is 1. The van der Waals surface area contributed by atoms with Crippen LogP contribution in [0.5, 0.6) is 0 Å². The first kappa shape index (κ1) is 25.2. The fourth-order valence-electron chi connectivity index (χ4n) is 4.03. The van der Waals surface area contributed by atoms with Crippen LogP contribution in [0.25, 0.3) is 0 Å². The molecule has 1 heterocycles. The molecule has 2 aromatic rings. The third-order valence-corrected chi connectivity index (χ3v) is 6.25. The summed E-state index contributed by atoms with van der Waals surface area (Å²) >= 11 is 0. The smallest absolute Gasteiger partial charge is 0.269 e. The molecular weight excluding hydrogens is 432 g/mol. The van der Waals surface area contributed by atoms with Gasteiger partial charge in [-0.3, -0.25) is 19.7 Å². The Labute approximate surface area is 201 Å². The van der Waals surface area contributed by atoms with E-state index in [2.05, 4.69) is 31.0 Å². The molecule has 0 aromatic heterocycles. The second kappa shape index (κ2) is 10.2. The maximum Gasteiger partial charge on any atom is 0.269 e. The summed E-state index contributed by atoms with van der Waals surface area (Å²) in [5.74, 6) is -0.395. The van der Waals surface area contributed by atoms with Gasteiger partial charge in [0.1, 0.15) is 6.04 Å². The largest absolute Gasteiger partial charge is 0.368 e. The minimum atomic E-state index is -0.610. The van der Waals surface area contributed by atoms with Crippen molar-refractivity contribution < 1.29 is 14.5 Å². The van der Waals surface area contributed by atoms with Crippen LogP contribution in [0.15, 0.2) is 48.5 Å². The van der Waals surface area contributed by atoms with Crippen LogP contribution < -0.4 is 10.2 Å². The van der Waals surface area contributed by atoms with Crippen molar-refractivity contribution in [2.45, 2.75) is 46.1 Å². The van der Waals surface area contributed by atoms with E-state index in [1.807, 2.05) is 26.0 Å². The molecule has 0 saturated carbocycles. The molecule has 3 rings (SSSR count). The van der Waals surface area contributed by atoms with Crippen molar-refractivity contribution in [1.29, 1.82) is 0 Å². The summed E-state index contributed by atoms with van der Waals surface area (Å²) in [7, 11) is 0. The monoisotopic (exact) mass is 466 g/mol. The molecule has 8 nitrogen and oxygen atoms in total. The fraction of sp³-hybridized carbons (Fsp3) is 0.462. The van der Waals surface area contributed by atoms with Crippen molar-refractivity contribution in [3.63, 3.8) is 0 Å². The number of nitrogens with one attached hydrogen (secondary N) is 1. The molecule has 0 radical (unpaired) electrons. The number of nitrogens with zero attached hydrogens (tertiary/aromatic N) is 3. The predicted octanol–water partition coefficient (Wildman–Crippen LogP) is 4.00. The summed E-state index contributed by atoms with van der Waals surface area (Å²) in [6, 6.07) is 13.4. The van der Waals surface area contributed by atoms with Crippen molar-refractivity contribution in [2.75, 3.05) is 31.1 Å².